The summed E-state index contributed by atoms with van der Waals surface area (Å²) >= 11 is 0. The Morgan fingerprint density at radius 2 is 2.14 bits per heavy atom. The molecule has 0 saturated carbocycles. The van der Waals surface area contributed by atoms with Crippen molar-refractivity contribution in [3.63, 3.8) is 0 Å². The van der Waals surface area contributed by atoms with Gasteiger partial charge in [-0.3, -0.25) is 4.39 Å². The molecule has 0 spiro atoms. The van der Waals surface area contributed by atoms with Crippen LogP contribution in [0.1, 0.15) is 20.3 Å². The van der Waals surface area contributed by atoms with Crippen molar-refractivity contribution in [2.45, 2.75) is 25.8 Å². The maximum absolute atomic E-state index is 12.1. The van der Waals surface area contributed by atoms with Gasteiger partial charge in [-0.2, -0.15) is 0 Å². The van der Waals surface area contributed by atoms with E-state index in [1.54, 1.807) is 6.92 Å². The number of hydrogen-bond donors (Lipinski definition) is 0. The van der Waals surface area contributed by atoms with E-state index in [9.17, 15) is 8.71 Å². The van der Waals surface area contributed by atoms with Gasteiger partial charge in [-0.25, -0.2) is 0 Å². The van der Waals surface area contributed by atoms with Crippen molar-refractivity contribution < 1.29 is 8.71 Å². The molecule has 0 aromatic rings. The molecule has 0 aromatic heterocycles. The summed E-state index contributed by atoms with van der Waals surface area (Å²) in [6.45, 7) is 2.79. The van der Waals surface area contributed by atoms with Crippen molar-refractivity contribution >= 4 is 7.56 Å². The van der Waals surface area contributed by atoms with Gasteiger partial charge in [-0.1, -0.05) is 6.92 Å². The van der Waals surface area contributed by atoms with Gasteiger partial charge in [0.2, 0.25) is 0 Å². The Bertz CT molecular complexity index is 47.7. The monoisotopic (exact) mass is 105 g/mol. The van der Waals surface area contributed by atoms with Crippen LogP contribution >= 0.6 is 0 Å². The van der Waals surface area contributed by atoms with Gasteiger partial charge in [0.1, 0.15) is 5.57 Å². The number of halogens is 2. The van der Waals surface area contributed by atoms with E-state index in [0.717, 1.165) is 0 Å². The van der Waals surface area contributed by atoms with Gasteiger partial charge in [0.05, 0.1) is 0 Å². The second-order valence-corrected chi connectivity index (χ2v) is 1.74. The molecule has 41 valence electrons. The molecule has 1 atom stereocenters. The largest absolute Gasteiger partial charge is 0.395 e. The van der Waals surface area contributed by atoms with Gasteiger partial charge in [-0.15, -0.1) is 0 Å². The smallest absolute Gasteiger partial charge is 0.339 e. The molecule has 7 heavy (non-hydrogen) atoms. The van der Waals surface area contributed by atoms with Gasteiger partial charge >= 0.3 is 7.56 Å². The average Bonchev–Trinajstić information content (AvgIpc) is 1.68. The highest BCUT2D eigenvalue weighted by Crippen LogP contribution is 2.11. The van der Waals surface area contributed by atoms with Crippen LogP contribution in [0, 0.1) is 0 Å². The van der Waals surface area contributed by atoms with Crippen LogP contribution < -0.4 is 0 Å². The summed E-state index contributed by atoms with van der Waals surface area (Å²) in [6.07, 6.45) is 0.198. The Hall–Kier alpha value is -0.0751. The second-order valence-electron chi connectivity index (χ2n) is 1.74. The van der Waals surface area contributed by atoms with E-state index < -0.39 is 5.57 Å². The highest BCUT2D eigenvalue weighted by Gasteiger charge is 2.22. The van der Waals surface area contributed by atoms with Crippen LogP contribution in [-0.2, 0) is 0 Å². The zero-order valence-corrected chi connectivity index (χ0v) is 4.54. The van der Waals surface area contributed by atoms with E-state index in [4.69, 9.17) is 0 Å². The highest BCUT2D eigenvalue weighted by molar-refractivity contribution is 6.30. The topological polar surface area (TPSA) is 0 Å². The predicted molar refractivity (Wildman–Crippen MR) is 26.7 cm³/mol. The van der Waals surface area contributed by atoms with Crippen LogP contribution in [0.3, 0.4) is 0 Å². The molecule has 0 N–H and O–H groups in total. The summed E-state index contributed by atoms with van der Waals surface area (Å²) in [5.74, 6) is 0. The molecule has 0 rings (SSSR count). The molecule has 0 heterocycles. The first-order valence-corrected chi connectivity index (χ1v) is 2.26. The van der Waals surface area contributed by atoms with E-state index in [0.29, 0.717) is 0 Å². The lowest BCUT2D eigenvalue weighted by molar-refractivity contribution is 0.279. The maximum Gasteiger partial charge on any atom is 0.395 e. The van der Waals surface area contributed by atoms with Crippen molar-refractivity contribution in [3.05, 3.63) is 0 Å². The molecular weight excluding hydrogens is 96.9 g/mol. The van der Waals surface area contributed by atoms with Crippen molar-refractivity contribution in [2.75, 3.05) is 0 Å². The predicted octanol–water partition coefficient (Wildman–Crippen LogP) is 1.67. The maximum atomic E-state index is 12.1. The Morgan fingerprint density at radius 1 is 1.71 bits per heavy atom. The average molecular weight is 105 g/mol. The molecular formula is C4H8BF2. The molecule has 0 aliphatic rings. The summed E-state index contributed by atoms with van der Waals surface area (Å²) in [6, 6.07) is 0. The fraction of sp³-hybridized carbons (Fsp3) is 1.00. The van der Waals surface area contributed by atoms with Crippen molar-refractivity contribution in [1.29, 1.82) is 0 Å². The van der Waals surface area contributed by atoms with E-state index in [1.165, 1.54) is 6.92 Å². The minimum Gasteiger partial charge on any atom is -0.339 e. The van der Waals surface area contributed by atoms with Crippen LogP contribution in [-0.4, -0.2) is 13.1 Å². The van der Waals surface area contributed by atoms with Crippen LogP contribution in [0.25, 0.3) is 0 Å². The first-order chi connectivity index (χ1) is 3.12. The third-order valence-corrected chi connectivity index (χ3v) is 0.919. The molecule has 0 bridgehead atoms. The summed E-state index contributed by atoms with van der Waals surface area (Å²) < 4.78 is 23.4. The normalized spacial score (nSPS) is 18.3. The summed E-state index contributed by atoms with van der Waals surface area (Å²) in [4.78, 5) is 0. The quantitative estimate of drug-likeness (QED) is 0.468. The fourth-order valence-electron chi connectivity index (χ4n) is 0.0772. The molecule has 0 aliphatic carbocycles. The molecule has 1 radical (unpaired) electrons. The lowest BCUT2D eigenvalue weighted by atomic mass is 9.79. The van der Waals surface area contributed by atoms with E-state index in [1.807, 2.05) is 0 Å². The molecule has 0 nitrogen and oxygen atoms in total. The minimum atomic E-state index is -1.71. The van der Waals surface area contributed by atoms with Crippen molar-refractivity contribution in [2.24, 2.45) is 0 Å². The summed E-state index contributed by atoms with van der Waals surface area (Å²) in [5.41, 5.74) is -1.71. The standard InChI is InChI=1S/C4H8BF2/c1-3-4(2,6)5-7/h3H2,1-2H3. The van der Waals surface area contributed by atoms with Crippen LogP contribution in [0.2, 0.25) is 0 Å². The first-order valence-electron chi connectivity index (χ1n) is 2.26. The Morgan fingerprint density at radius 3 is 2.14 bits per heavy atom. The minimum absolute atomic E-state index is 0.0764. The zero-order valence-electron chi connectivity index (χ0n) is 4.54. The van der Waals surface area contributed by atoms with Gasteiger partial charge in [0, 0.05) is 0 Å². The Balaban J connectivity index is 3.36. The fourth-order valence-corrected chi connectivity index (χ4v) is 0.0772. The van der Waals surface area contributed by atoms with Gasteiger partial charge < -0.3 is 4.32 Å². The number of rotatable bonds is 2. The van der Waals surface area contributed by atoms with E-state index in [-0.39, 0.29) is 14.0 Å². The molecule has 0 aliphatic heterocycles. The van der Waals surface area contributed by atoms with Crippen LogP contribution in [0.5, 0.6) is 0 Å². The SMILES string of the molecule is CCC(C)(F)[B]F. The Labute approximate surface area is 43.2 Å². The molecule has 0 fully saturated rings. The summed E-state index contributed by atoms with van der Waals surface area (Å²) in [5, 5.41) is 0. The third-order valence-electron chi connectivity index (χ3n) is 0.919. The van der Waals surface area contributed by atoms with Gasteiger partial charge in [-0.05, 0) is 13.3 Å². The van der Waals surface area contributed by atoms with Crippen molar-refractivity contribution in [1.82, 2.24) is 0 Å². The zero-order chi connectivity index (χ0) is 5.91. The van der Waals surface area contributed by atoms with Gasteiger partial charge in [0.15, 0.2) is 0 Å². The molecule has 0 saturated heterocycles. The highest BCUT2D eigenvalue weighted by atomic mass is 19.2. The summed E-state index contributed by atoms with van der Waals surface area (Å²) in [7, 11) is 0.0764. The van der Waals surface area contributed by atoms with E-state index >= 15 is 0 Å². The van der Waals surface area contributed by atoms with E-state index in [2.05, 4.69) is 0 Å². The number of hydrogen-bond acceptors (Lipinski definition) is 0. The van der Waals surface area contributed by atoms with Crippen LogP contribution in [0.15, 0.2) is 0 Å². The first kappa shape index (κ1) is 6.92. The van der Waals surface area contributed by atoms with Crippen molar-refractivity contribution in [3.8, 4) is 0 Å². The lowest BCUT2D eigenvalue weighted by Crippen LogP contribution is -2.21. The lowest BCUT2D eigenvalue weighted by Gasteiger charge is -2.08. The van der Waals surface area contributed by atoms with Gasteiger partial charge in [0.25, 0.3) is 0 Å². The number of alkyl halides is 1. The molecule has 3 heteroatoms. The molecule has 1 unspecified atom stereocenters. The Kier molecular flexibility index (Phi) is 2.26. The third kappa shape index (κ3) is 2.60. The molecule has 0 aromatic carbocycles. The van der Waals surface area contributed by atoms with Crippen LogP contribution in [0.4, 0.5) is 8.71 Å². The second kappa shape index (κ2) is 2.29. The molecule has 0 amide bonds.